The molecule has 2 aromatic carbocycles. The molecule has 168 valence electrons. The van der Waals surface area contributed by atoms with E-state index in [0.29, 0.717) is 28.9 Å². The molecule has 6 nitrogen and oxygen atoms in total. The molecule has 0 saturated carbocycles. The number of ether oxygens (including phenoxy) is 1. The van der Waals surface area contributed by atoms with Crippen molar-refractivity contribution in [2.75, 3.05) is 5.32 Å². The second-order valence-corrected chi connectivity index (χ2v) is 7.32. The highest BCUT2D eigenvalue weighted by atomic mass is 35.5. The van der Waals surface area contributed by atoms with Crippen LogP contribution in [0.1, 0.15) is 21.7 Å². The quantitative estimate of drug-likeness (QED) is 0.346. The van der Waals surface area contributed by atoms with Gasteiger partial charge in [-0.3, -0.25) is 4.79 Å². The van der Waals surface area contributed by atoms with Gasteiger partial charge in [0.05, 0.1) is 5.56 Å². The van der Waals surface area contributed by atoms with Crippen LogP contribution in [0.3, 0.4) is 0 Å². The first-order chi connectivity index (χ1) is 15.7. The molecule has 0 spiro atoms. The summed E-state index contributed by atoms with van der Waals surface area (Å²) in [6.45, 7) is 1.64. The molecule has 0 fully saturated rings. The molecule has 1 amide bonds. The van der Waals surface area contributed by atoms with Gasteiger partial charge >= 0.3 is 6.18 Å². The van der Waals surface area contributed by atoms with Gasteiger partial charge in [0.25, 0.3) is 5.91 Å². The zero-order valence-corrected chi connectivity index (χ0v) is 17.7. The number of hydrogen-bond acceptors (Lipinski definition) is 5. The summed E-state index contributed by atoms with van der Waals surface area (Å²) in [7, 11) is 0. The van der Waals surface area contributed by atoms with E-state index in [1.165, 1.54) is 12.1 Å². The zero-order valence-electron chi connectivity index (χ0n) is 17.0. The smallest absolute Gasteiger partial charge is 0.417 e. The fraction of sp³-hybridized carbons (Fsp3) is 0.0870. The monoisotopic (exact) mass is 473 g/mol. The number of nitrogens with one attached hydrogen (secondary N) is 1. The van der Waals surface area contributed by atoms with E-state index in [1.807, 2.05) is 30.3 Å². The molecule has 0 atom stereocenters. The standard InChI is InChI=1S/C23H15ClF3N3O3/c1-13-19(20(30-33-13)14-5-3-2-4-6-14)21(31)29-16-7-9-17(10-8-16)32-22-18(24)11-15(12-28-22)23(25,26)27/h2-12H,1H3,(H,29,31). The maximum atomic E-state index is 12.9. The Labute approximate surface area is 191 Å². The van der Waals surface area contributed by atoms with Gasteiger partial charge in [-0.25, -0.2) is 4.98 Å². The number of carbonyl (C=O) groups is 1. The third kappa shape index (κ3) is 4.98. The predicted octanol–water partition coefficient (Wildman–Crippen LogP) is 6.76. The second kappa shape index (κ2) is 8.95. The lowest BCUT2D eigenvalue weighted by Gasteiger charge is -2.11. The molecule has 0 aliphatic carbocycles. The minimum absolute atomic E-state index is 0.172. The van der Waals surface area contributed by atoms with Gasteiger partial charge in [-0.1, -0.05) is 47.1 Å². The van der Waals surface area contributed by atoms with E-state index in [0.717, 1.165) is 11.6 Å². The zero-order chi connectivity index (χ0) is 23.6. The molecule has 4 aromatic rings. The molecule has 0 bridgehead atoms. The van der Waals surface area contributed by atoms with Crippen molar-refractivity contribution >= 4 is 23.2 Å². The van der Waals surface area contributed by atoms with E-state index >= 15 is 0 Å². The largest absolute Gasteiger partial charge is 0.438 e. The first-order valence-electron chi connectivity index (χ1n) is 9.56. The fourth-order valence-electron chi connectivity index (χ4n) is 3.00. The Hall–Kier alpha value is -3.85. The van der Waals surface area contributed by atoms with Crippen molar-refractivity contribution in [3.8, 4) is 22.9 Å². The van der Waals surface area contributed by atoms with Gasteiger partial charge in [-0.15, -0.1) is 0 Å². The van der Waals surface area contributed by atoms with E-state index in [4.69, 9.17) is 20.9 Å². The van der Waals surface area contributed by atoms with Crippen LogP contribution in [-0.2, 0) is 6.18 Å². The average Bonchev–Trinajstić information content (AvgIpc) is 3.18. The molecule has 10 heteroatoms. The van der Waals surface area contributed by atoms with Crippen molar-refractivity contribution in [3.05, 3.63) is 88.8 Å². The normalized spacial score (nSPS) is 11.3. The Bertz CT molecular complexity index is 1290. The van der Waals surface area contributed by atoms with Gasteiger partial charge in [0, 0.05) is 17.4 Å². The van der Waals surface area contributed by atoms with E-state index in [-0.39, 0.29) is 16.7 Å². The van der Waals surface area contributed by atoms with Crippen LogP contribution >= 0.6 is 11.6 Å². The highest BCUT2D eigenvalue weighted by Gasteiger charge is 2.31. The molecule has 0 saturated heterocycles. The molecule has 0 aliphatic rings. The van der Waals surface area contributed by atoms with E-state index in [9.17, 15) is 18.0 Å². The maximum Gasteiger partial charge on any atom is 0.417 e. The van der Waals surface area contributed by atoms with Crippen molar-refractivity contribution in [2.24, 2.45) is 0 Å². The first kappa shape index (κ1) is 22.3. The van der Waals surface area contributed by atoms with Crippen molar-refractivity contribution in [3.63, 3.8) is 0 Å². The Morgan fingerprint density at radius 3 is 2.42 bits per heavy atom. The predicted molar refractivity (Wildman–Crippen MR) is 115 cm³/mol. The van der Waals surface area contributed by atoms with Crippen molar-refractivity contribution in [1.29, 1.82) is 0 Å². The van der Waals surface area contributed by atoms with Gasteiger partial charge in [-0.05, 0) is 37.3 Å². The third-order valence-corrected chi connectivity index (χ3v) is 4.87. The van der Waals surface area contributed by atoms with Gasteiger partial charge in [0.15, 0.2) is 0 Å². The number of rotatable bonds is 5. The number of aryl methyl sites for hydroxylation is 1. The number of nitrogens with zero attached hydrogens (tertiary/aromatic N) is 2. The number of hydrogen-bond donors (Lipinski definition) is 1. The molecule has 2 heterocycles. The van der Waals surface area contributed by atoms with Crippen LogP contribution in [0.25, 0.3) is 11.3 Å². The van der Waals surface area contributed by atoms with Crippen LogP contribution in [0.15, 0.2) is 71.4 Å². The topological polar surface area (TPSA) is 77.2 Å². The summed E-state index contributed by atoms with van der Waals surface area (Å²) in [5.41, 5.74) is 0.954. The summed E-state index contributed by atoms with van der Waals surface area (Å²) >= 11 is 5.86. The fourth-order valence-corrected chi connectivity index (χ4v) is 3.20. The molecule has 2 aromatic heterocycles. The number of benzene rings is 2. The molecule has 0 aliphatic heterocycles. The molecule has 33 heavy (non-hydrogen) atoms. The lowest BCUT2D eigenvalue weighted by atomic mass is 10.1. The number of anilines is 1. The maximum absolute atomic E-state index is 12.9. The molecule has 0 unspecified atom stereocenters. The number of pyridine rings is 1. The first-order valence-corrected chi connectivity index (χ1v) is 9.94. The lowest BCUT2D eigenvalue weighted by Crippen LogP contribution is -2.13. The molecule has 1 N–H and O–H groups in total. The van der Waals surface area contributed by atoms with Crippen LogP contribution in [0, 0.1) is 6.92 Å². The SMILES string of the molecule is Cc1onc(-c2ccccc2)c1C(=O)Nc1ccc(Oc2ncc(C(F)(F)F)cc2Cl)cc1. The van der Waals surface area contributed by atoms with Gasteiger partial charge in [0.2, 0.25) is 5.88 Å². The number of carbonyl (C=O) groups excluding carboxylic acids is 1. The van der Waals surface area contributed by atoms with E-state index in [1.54, 1.807) is 19.1 Å². The summed E-state index contributed by atoms with van der Waals surface area (Å²) in [6, 6.07) is 16.1. The molecular formula is C23H15ClF3N3O3. The molecular weight excluding hydrogens is 459 g/mol. The lowest BCUT2D eigenvalue weighted by molar-refractivity contribution is -0.137. The highest BCUT2D eigenvalue weighted by Crippen LogP contribution is 2.35. The number of halogens is 4. The van der Waals surface area contributed by atoms with Crippen LogP contribution in [0.5, 0.6) is 11.6 Å². The number of aromatic nitrogens is 2. The van der Waals surface area contributed by atoms with Crippen molar-refractivity contribution < 1.29 is 27.2 Å². The molecule has 4 rings (SSSR count). The van der Waals surface area contributed by atoms with Crippen LogP contribution in [-0.4, -0.2) is 16.0 Å². The summed E-state index contributed by atoms with van der Waals surface area (Å²) in [6.07, 6.45) is -3.92. The Morgan fingerprint density at radius 1 is 1.09 bits per heavy atom. The summed E-state index contributed by atoms with van der Waals surface area (Å²) < 4.78 is 48.9. The Morgan fingerprint density at radius 2 is 1.79 bits per heavy atom. The minimum Gasteiger partial charge on any atom is -0.438 e. The van der Waals surface area contributed by atoms with Crippen LogP contribution in [0.2, 0.25) is 5.02 Å². The summed E-state index contributed by atoms with van der Waals surface area (Å²) in [4.78, 5) is 16.5. The van der Waals surface area contributed by atoms with Crippen molar-refractivity contribution in [2.45, 2.75) is 13.1 Å². The highest BCUT2D eigenvalue weighted by molar-refractivity contribution is 6.31. The second-order valence-electron chi connectivity index (χ2n) is 6.92. The Kier molecular flexibility index (Phi) is 6.06. The van der Waals surface area contributed by atoms with Crippen LogP contribution < -0.4 is 10.1 Å². The Balaban J connectivity index is 1.48. The third-order valence-electron chi connectivity index (χ3n) is 4.60. The van der Waals surface area contributed by atoms with E-state index < -0.39 is 17.6 Å². The number of alkyl halides is 3. The van der Waals surface area contributed by atoms with Gasteiger partial charge in [0.1, 0.15) is 27.8 Å². The van der Waals surface area contributed by atoms with E-state index in [2.05, 4.69) is 15.5 Å². The molecule has 0 radical (unpaired) electrons. The average molecular weight is 474 g/mol. The number of amides is 1. The van der Waals surface area contributed by atoms with Crippen LogP contribution in [0.4, 0.5) is 18.9 Å². The summed E-state index contributed by atoms with van der Waals surface area (Å²) in [5.74, 6) is 0.0605. The van der Waals surface area contributed by atoms with Gasteiger partial charge in [-0.2, -0.15) is 13.2 Å². The van der Waals surface area contributed by atoms with Gasteiger partial charge < -0.3 is 14.6 Å². The minimum atomic E-state index is -4.56. The summed E-state index contributed by atoms with van der Waals surface area (Å²) in [5, 5.41) is 6.48. The van der Waals surface area contributed by atoms with Crippen molar-refractivity contribution in [1.82, 2.24) is 10.1 Å².